The molecule has 0 aromatic carbocycles. The highest BCUT2D eigenvalue weighted by Gasteiger charge is 2.60. The first-order chi connectivity index (χ1) is 13.8. The number of aryl methyl sites for hydroxylation is 1. The van der Waals surface area contributed by atoms with Crippen LogP contribution in [-0.4, -0.2) is 40.3 Å². The summed E-state index contributed by atoms with van der Waals surface area (Å²) in [6.07, 6.45) is 9.71. The van der Waals surface area contributed by atoms with Crippen LogP contribution in [0.15, 0.2) is 22.8 Å². The smallest absolute Gasteiger partial charge is 0.220 e. The minimum atomic E-state index is -0.730. The molecule has 1 fully saturated rings. The van der Waals surface area contributed by atoms with Gasteiger partial charge in [0.25, 0.3) is 0 Å². The van der Waals surface area contributed by atoms with Crippen molar-refractivity contribution in [3.05, 3.63) is 35.3 Å². The fourth-order valence-electron chi connectivity index (χ4n) is 4.57. The van der Waals surface area contributed by atoms with Crippen LogP contribution in [0.2, 0.25) is 0 Å². The van der Waals surface area contributed by atoms with Crippen LogP contribution in [0.3, 0.4) is 0 Å². The Morgan fingerprint density at radius 2 is 1.76 bits per heavy atom. The summed E-state index contributed by atoms with van der Waals surface area (Å²) in [4.78, 5) is 0. The van der Waals surface area contributed by atoms with Gasteiger partial charge in [0, 0.05) is 23.3 Å². The van der Waals surface area contributed by atoms with E-state index in [0.717, 1.165) is 16.9 Å². The van der Waals surface area contributed by atoms with Crippen LogP contribution >= 0.6 is 48.0 Å². The number of hydrogen-bond donors (Lipinski definition) is 0. The Labute approximate surface area is 190 Å². The van der Waals surface area contributed by atoms with Gasteiger partial charge in [-0.2, -0.15) is 0 Å². The van der Waals surface area contributed by atoms with Crippen LogP contribution in [0.4, 0.5) is 0 Å². The van der Waals surface area contributed by atoms with E-state index in [9.17, 15) is 0 Å². The molecule has 1 aromatic heterocycles. The van der Waals surface area contributed by atoms with Gasteiger partial charge in [0.1, 0.15) is 6.10 Å². The maximum absolute atomic E-state index is 6.32. The number of fused-ring (bicyclic) bond motifs is 2. The van der Waals surface area contributed by atoms with Crippen LogP contribution in [0.25, 0.3) is 0 Å². The molecule has 0 radical (unpaired) electrons. The molecule has 0 amide bonds. The first kappa shape index (κ1) is 21.6. The van der Waals surface area contributed by atoms with Crippen LogP contribution in [0.5, 0.6) is 0 Å². The maximum Gasteiger partial charge on any atom is 0.220 e. The fraction of sp³-hybridized carbons (Fsp3) is 0.600. The summed E-state index contributed by atoms with van der Waals surface area (Å²) >= 11 is 13.7. The standard InChI is InChI=1S/C20H24O5S4/c1-11-10-21-15-13(11)14(24-17(26)28-3)12-9-20(22-7-8-23-20)6-5-19(12,2)16(15)25-18(27)29-4/h5-6,10,12,14,16H,7-9H2,1-4H3/t12-,14?,16+,19-/m1/s1. The lowest BCUT2D eigenvalue weighted by Crippen LogP contribution is -2.50. The molecule has 4 atom stereocenters. The lowest BCUT2D eigenvalue weighted by atomic mass is 9.59. The van der Waals surface area contributed by atoms with E-state index in [1.165, 1.54) is 23.5 Å². The van der Waals surface area contributed by atoms with Crippen molar-refractivity contribution >= 4 is 56.7 Å². The molecule has 1 aromatic rings. The molecule has 4 rings (SSSR count). The number of thioether (sulfide) groups is 2. The van der Waals surface area contributed by atoms with Crippen LogP contribution in [0, 0.1) is 18.3 Å². The van der Waals surface area contributed by atoms with Crippen LogP contribution in [-0.2, 0) is 18.9 Å². The predicted molar refractivity (Wildman–Crippen MR) is 123 cm³/mol. The number of hydrogen-bond acceptors (Lipinski definition) is 9. The van der Waals surface area contributed by atoms with Gasteiger partial charge in [0.2, 0.25) is 8.77 Å². The molecule has 1 unspecified atom stereocenters. The maximum atomic E-state index is 6.32. The molecule has 3 aliphatic rings. The summed E-state index contributed by atoms with van der Waals surface area (Å²) < 4.78 is 31.6. The first-order valence-electron chi connectivity index (χ1n) is 9.39. The molecule has 2 heterocycles. The van der Waals surface area contributed by atoms with Crippen molar-refractivity contribution in [2.45, 2.75) is 38.3 Å². The Balaban J connectivity index is 1.85. The zero-order chi connectivity index (χ0) is 20.8. The van der Waals surface area contributed by atoms with Crippen molar-refractivity contribution in [1.29, 1.82) is 0 Å². The Morgan fingerprint density at radius 3 is 2.41 bits per heavy atom. The van der Waals surface area contributed by atoms with E-state index in [1.54, 1.807) is 6.26 Å². The lowest BCUT2D eigenvalue weighted by Gasteiger charge is -2.51. The van der Waals surface area contributed by atoms with Crippen molar-refractivity contribution in [1.82, 2.24) is 0 Å². The van der Waals surface area contributed by atoms with Crippen molar-refractivity contribution in [2.24, 2.45) is 11.3 Å². The second kappa shape index (κ2) is 8.16. The summed E-state index contributed by atoms with van der Waals surface area (Å²) in [6, 6.07) is 0. The number of rotatable bonds is 2. The van der Waals surface area contributed by atoms with Gasteiger partial charge in [-0.25, -0.2) is 0 Å². The van der Waals surface area contributed by atoms with Gasteiger partial charge in [0.15, 0.2) is 17.7 Å². The van der Waals surface area contributed by atoms with E-state index >= 15 is 0 Å². The van der Waals surface area contributed by atoms with E-state index in [-0.39, 0.29) is 18.1 Å². The number of ether oxygens (including phenoxy) is 4. The largest absolute Gasteiger partial charge is 0.470 e. The van der Waals surface area contributed by atoms with Crippen molar-refractivity contribution in [2.75, 3.05) is 25.7 Å². The average molecular weight is 473 g/mol. The van der Waals surface area contributed by atoms with Crippen molar-refractivity contribution < 1.29 is 23.4 Å². The highest BCUT2D eigenvalue weighted by Crippen LogP contribution is 2.62. The fourth-order valence-corrected chi connectivity index (χ4v) is 5.16. The minimum Gasteiger partial charge on any atom is -0.470 e. The normalized spacial score (nSPS) is 31.9. The summed E-state index contributed by atoms with van der Waals surface area (Å²) in [5, 5.41) is 0. The van der Waals surface area contributed by atoms with E-state index < -0.39 is 11.2 Å². The Morgan fingerprint density at radius 1 is 1.10 bits per heavy atom. The molecule has 9 heteroatoms. The molecular weight excluding hydrogens is 448 g/mol. The zero-order valence-electron chi connectivity index (χ0n) is 16.8. The summed E-state index contributed by atoms with van der Waals surface area (Å²) in [6.45, 7) is 5.33. The van der Waals surface area contributed by atoms with E-state index in [2.05, 4.69) is 13.0 Å². The number of furan rings is 1. The van der Waals surface area contributed by atoms with E-state index in [0.29, 0.717) is 28.4 Å². The summed E-state index contributed by atoms with van der Waals surface area (Å²) in [7, 11) is 0. The highest BCUT2D eigenvalue weighted by molar-refractivity contribution is 8.22. The van der Waals surface area contributed by atoms with Gasteiger partial charge in [-0.15, -0.1) is 0 Å². The molecule has 0 bridgehead atoms. The zero-order valence-corrected chi connectivity index (χ0v) is 20.0. The molecule has 1 aliphatic heterocycles. The molecule has 1 saturated heterocycles. The van der Waals surface area contributed by atoms with E-state index in [4.69, 9.17) is 47.8 Å². The quantitative estimate of drug-likeness (QED) is 0.419. The third kappa shape index (κ3) is 3.68. The summed E-state index contributed by atoms with van der Waals surface area (Å²) in [5.41, 5.74) is 1.56. The Hall–Kier alpha value is -0.580. The second-order valence-corrected chi connectivity index (χ2v) is 10.5. The molecule has 0 saturated carbocycles. The van der Waals surface area contributed by atoms with Crippen LogP contribution < -0.4 is 0 Å². The predicted octanol–water partition coefficient (Wildman–Crippen LogP) is 5.34. The van der Waals surface area contributed by atoms with Crippen molar-refractivity contribution in [3.63, 3.8) is 0 Å². The summed E-state index contributed by atoms with van der Waals surface area (Å²) in [5.74, 6) is 0.0153. The van der Waals surface area contributed by atoms with Gasteiger partial charge in [-0.3, -0.25) is 0 Å². The molecule has 158 valence electrons. The first-order valence-corrected chi connectivity index (χ1v) is 12.7. The van der Waals surface area contributed by atoms with Gasteiger partial charge in [-0.05, 0) is 55.5 Å². The third-order valence-electron chi connectivity index (χ3n) is 6.05. The third-order valence-corrected chi connectivity index (χ3v) is 8.10. The van der Waals surface area contributed by atoms with Gasteiger partial charge < -0.3 is 23.4 Å². The lowest BCUT2D eigenvalue weighted by molar-refractivity contribution is -0.170. The van der Waals surface area contributed by atoms with Crippen LogP contribution in [0.1, 0.15) is 42.4 Å². The van der Waals surface area contributed by atoms with Gasteiger partial charge >= 0.3 is 0 Å². The van der Waals surface area contributed by atoms with Gasteiger partial charge in [0.05, 0.1) is 19.5 Å². The topological polar surface area (TPSA) is 50.1 Å². The molecular formula is C20H24O5S4. The Bertz CT molecular complexity index is 844. The molecule has 29 heavy (non-hydrogen) atoms. The molecule has 1 spiro atoms. The Kier molecular flexibility index (Phi) is 6.09. The molecule has 2 aliphatic carbocycles. The van der Waals surface area contributed by atoms with Crippen molar-refractivity contribution in [3.8, 4) is 0 Å². The second-order valence-electron chi connectivity index (χ2n) is 7.66. The monoisotopic (exact) mass is 472 g/mol. The SMILES string of the molecule is CSC(=S)OC1c2c(C)coc2[C@H](OC(=S)SC)[C@]2(C)C=CC3(C[C@H]12)OCCO3. The van der Waals surface area contributed by atoms with E-state index in [1.807, 2.05) is 25.5 Å². The highest BCUT2D eigenvalue weighted by atomic mass is 32.2. The molecule has 0 N–H and O–H groups in total. The van der Waals surface area contributed by atoms with Gasteiger partial charge in [-0.1, -0.05) is 36.5 Å². The average Bonchev–Trinajstić information content (AvgIpc) is 3.32. The minimum absolute atomic E-state index is 0.00541. The molecule has 5 nitrogen and oxygen atoms in total. The number of thiocarbonyl (C=S) groups is 2.